The lowest BCUT2D eigenvalue weighted by molar-refractivity contribution is -0.118. The van der Waals surface area contributed by atoms with E-state index < -0.39 is 15.6 Å². The number of fused-ring (bicyclic) bond motifs is 1. The summed E-state index contributed by atoms with van der Waals surface area (Å²) < 4.78 is 34.7. The Bertz CT molecular complexity index is 1220. The molecule has 9 heteroatoms. The molecule has 31 heavy (non-hydrogen) atoms. The van der Waals surface area contributed by atoms with Crippen LogP contribution in [0.5, 0.6) is 5.75 Å². The van der Waals surface area contributed by atoms with E-state index in [0.29, 0.717) is 11.4 Å². The monoisotopic (exact) mass is 568 g/mol. The zero-order valence-electron chi connectivity index (χ0n) is 17.2. The lowest BCUT2D eigenvalue weighted by Crippen LogP contribution is -2.40. The van der Waals surface area contributed by atoms with E-state index >= 15 is 0 Å². The molecule has 0 heterocycles. The van der Waals surface area contributed by atoms with Gasteiger partial charge in [-0.3, -0.25) is 4.79 Å². The van der Waals surface area contributed by atoms with E-state index in [1.54, 1.807) is 39.0 Å². The summed E-state index contributed by atoms with van der Waals surface area (Å²) in [6.45, 7) is 5.12. The van der Waals surface area contributed by atoms with Crippen molar-refractivity contribution >= 4 is 64.3 Å². The van der Waals surface area contributed by atoms with E-state index in [2.05, 4.69) is 41.9 Å². The van der Waals surface area contributed by atoms with Gasteiger partial charge in [-0.25, -0.2) is 13.1 Å². The molecule has 1 amide bonds. The smallest absolute Gasteiger partial charge is 0.262 e. The fourth-order valence-corrected chi connectivity index (χ4v) is 5.28. The van der Waals surface area contributed by atoms with Crippen molar-refractivity contribution in [3.63, 3.8) is 0 Å². The van der Waals surface area contributed by atoms with E-state index in [0.717, 1.165) is 19.7 Å². The lowest BCUT2D eigenvalue weighted by atomic mass is 10.1. The molecule has 3 aromatic rings. The van der Waals surface area contributed by atoms with E-state index in [-0.39, 0.29) is 17.4 Å². The summed E-state index contributed by atoms with van der Waals surface area (Å²) >= 11 is 6.98. The molecule has 0 aliphatic heterocycles. The molecule has 6 nitrogen and oxygen atoms in total. The number of benzene rings is 3. The molecule has 0 unspecified atom stereocenters. The molecule has 2 N–H and O–H groups in total. The molecule has 3 rings (SSSR count). The molecule has 0 spiro atoms. The number of halogens is 2. The Labute approximate surface area is 198 Å². The van der Waals surface area contributed by atoms with Crippen LogP contribution in [-0.2, 0) is 14.8 Å². The summed E-state index contributed by atoms with van der Waals surface area (Å²) in [5.41, 5.74) is -0.109. The van der Waals surface area contributed by atoms with Crippen LogP contribution in [0.2, 0.25) is 0 Å². The van der Waals surface area contributed by atoms with Crippen molar-refractivity contribution in [2.45, 2.75) is 31.2 Å². The maximum Gasteiger partial charge on any atom is 0.262 e. The van der Waals surface area contributed by atoms with Gasteiger partial charge in [-0.1, -0.05) is 28.1 Å². The van der Waals surface area contributed by atoms with Crippen LogP contribution in [0.25, 0.3) is 10.8 Å². The van der Waals surface area contributed by atoms with Crippen LogP contribution in [0.4, 0.5) is 5.69 Å². The molecule has 0 saturated carbocycles. The summed E-state index contributed by atoms with van der Waals surface area (Å²) in [5, 5.41) is 4.71. The summed E-state index contributed by atoms with van der Waals surface area (Å²) in [6.07, 6.45) is 0. The Morgan fingerprint density at radius 1 is 1.00 bits per heavy atom. The first-order valence-corrected chi connectivity index (χ1v) is 12.5. The van der Waals surface area contributed by atoms with Crippen molar-refractivity contribution in [3.8, 4) is 5.75 Å². The Morgan fingerprint density at radius 2 is 1.68 bits per heavy atom. The van der Waals surface area contributed by atoms with Crippen LogP contribution < -0.4 is 14.8 Å². The first-order chi connectivity index (χ1) is 14.4. The van der Waals surface area contributed by atoms with Gasteiger partial charge in [-0.05, 0) is 89.9 Å². The van der Waals surface area contributed by atoms with Crippen LogP contribution in [0.15, 0.2) is 68.4 Å². The quantitative estimate of drug-likeness (QED) is 0.413. The zero-order valence-corrected chi connectivity index (χ0v) is 21.2. The molecule has 0 radical (unpaired) electrons. The van der Waals surface area contributed by atoms with E-state index in [1.165, 1.54) is 12.1 Å². The highest BCUT2D eigenvalue weighted by Gasteiger charge is 2.21. The Kier molecular flexibility index (Phi) is 7.10. The number of hydrogen-bond donors (Lipinski definition) is 2. The van der Waals surface area contributed by atoms with Gasteiger partial charge in [0.05, 0.1) is 9.37 Å². The van der Waals surface area contributed by atoms with Gasteiger partial charge >= 0.3 is 0 Å². The van der Waals surface area contributed by atoms with Gasteiger partial charge in [0, 0.05) is 15.7 Å². The third-order valence-corrected chi connectivity index (χ3v) is 7.21. The van der Waals surface area contributed by atoms with Crippen molar-refractivity contribution in [2.24, 2.45) is 0 Å². The van der Waals surface area contributed by atoms with Crippen LogP contribution in [0, 0.1) is 0 Å². The van der Waals surface area contributed by atoms with Crippen molar-refractivity contribution < 1.29 is 17.9 Å². The topological polar surface area (TPSA) is 84.5 Å². The first kappa shape index (κ1) is 23.7. The number of sulfonamides is 1. The highest BCUT2D eigenvalue weighted by Crippen LogP contribution is 2.34. The maximum atomic E-state index is 12.4. The van der Waals surface area contributed by atoms with Gasteiger partial charge in [0.25, 0.3) is 5.91 Å². The Balaban J connectivity index is 1.63. The molecule has 0 saturated heterocycles. The second-order valence-corrected chi connectivity index (χ2v) is 11.4. The molecular weight excluding hydrogens is 548 g/mol. The summed E-state index contributed by atoms with van der Waals surface area (Å²) in [4.78, 5) is 12.4. The second kappa shape index (κ2) is 9.28. The number of carbonyl (C=O) groups excluding carboxylic acids is 1. The van der Waals surface area contributed by atoms with Crippen LogP contribution in [0.3, 0.4) is 0 Å². The highest BCUT2D eigenvalue weighted by atomic mass is 79.9. The summed E-state index contributed by atoms with van der Waals surface area (Å²) in [6, 6.07) is 15.6. The van der Waals surface area contributed by atoms with E-state index in [4.69, 9.17) is 4.74 Å². The molecular formula is C22H22Br2N2O4S. The number of anilines is 1. The zero-order chi connectivity index (χ0) is 22.8. The average molecular weight is 570 g/mol. The minimum Gasteiger partial charge on any atom is -0.483 e. The van der Waals surface area contributed by atoms with Crippen LogP contribution in [0.1, 0.15) is 20.8 Å². The van der Waals surface area contributed by atoms with E-state index in [1.807, 2.05) is 24.3 Å². The van der Waals surface area contributed by atoms with Crippen LogP contribution >= 0.6 is 31.9 Å². The van der Waals surface area contributed by atoms with E-state index in [9.17, 15) is 13.2 Å². The number of carbonyl (C=O) groups is 1. The average Bonchev–Trinajstić information content (AvgIpc) is 2.66. The van der Waals surface area contributed by atoms with Crippen molar-refractivity contribution in [1.82, 2.24) is 4.72 Å². The fraction of sp³-hybridized carbons (Fsp3) is 0.227. The number of rotatable bonds is 6. The molecule has 0 bridgehead atoms. The SMILES string of the molecule is CC(C)(C)NS(=O)(=O)c1ccc(NC(=O)COc2ccc3cc(Br)ccc3c2Br)cc1. The molecule has 164 valence electrons. The van der Waals surface area contributed by atoms with Crippen molar-refractivity contribution in [3.05, 3.63) is 63.5 Å². The molecule has 0 atom stereocenters. The normalized spacial score (nSPS) is 12.0. The van der Waals surface area contributed by atoms with Gasteiger partial charge < -0.3 is 10.1 Å². The summed E-state index contributed by atoms with van der Waals surface area (Å²) in [5.74, 6) is 0.200. The van der Waals surface area contributed by atoms with Gasteiger partial charge in [-0.15, -0.1) is 0 Å². The Hall–Kier alpha value is -1.94. The Morgan fingerprint density at radius 3 is 2.32 bits per heavy atom. The summed E-state index contributed by atoms with van der Waals surface area (Å²) in [7, 11) is -3.63. The molecule has 0 aliphatic carbocycles. The highest BCUT2D eigenvalue weighted by molar-refractivity contribution is 9.11. The van der Waals surface area contributed by atoms with Gasteiger partial charge in [0.15, 0.2) is 6.61 Å². The largest absolute Gasteiger partial charge is 0.483 e. The number of ether oxygens (including phenoxy) is 1. The third kappa shape index (κ3) is 6.29. The minimum atomic E-state index is -3.63. The molecule has 3 aromatic carbocycles. The molecule has 0 fully saturated rings. The van der Waals surface area contributed by atoms with Gasteiger partial charge in [0.2, 0.25) is 10.0 Å². The molecule has 0 aliphatic rings. The number of hydrogen-bond acceptors (Lipinski definition) is 4. The minimum absolute atomic E-state index is 0.128. The predicted octanol–water partition coefficient (Wildman–Crippen LogP) is 5.46. The lowest BCUT2D eigenvalue weighted by Gasteiger charge is -2.20. The standard InChI is InChI=1S/C22H22Br2N2O4S/c1-22(2,3)26-31(28,29)17-8-6-16(7-9-17)25-20(27)13-30-19-11-4-14-12-15(23)5-10-18(14)21(19)24/h4-12,26H,13H2,1-3H3,(H,25,27). The van der Waals surface area contributed by atoms with Crippen molar-refractivity contribution in [2.75, 3.05) is 11.9 Å². The van der Waals surface area contributed by atoms with Crippen molar-refractivity contribution in [1.29, 1.82) is 0 Å². The number of nitrogens with one attached hydrogen (secondary N) is 2. The predicted molar refractivity (Wildman–Crippen MR) is 130 cm³/mol. The third-order valence-electron chi connectivity index (χ3n) is 4.13. The second-order valence-electron chi connectivity index (χ2n) is 7.96. The van der Waals surface area contributed by atoms with Gasteiger partial charge in [-0.2, -0.15) is 0 Å². The van der Waals surface area contributed by atoms with Gasteiger partial charge in [0.1, 0.15) is 5.75 Å². The molecule has 0 aromatic heterocycles. The fourth-order valence-electron chi connectivity index (χ4n) is 2.87. The van der Waals surface area contributed by atoms with Crippen LogP contribution in [-0.4, -0.2) is 26.5 Å². The number of amides is 1. The maximum absolute atomic E-state index is 12.4. The first-order valence-electron chi connectivity index (χ1n) is 9.39.